The van der Waals surface area contributed by atoms with E-state index in [1.165, 1.54) is 16.9 Å². The van der Waals surface area contributed by atoms with E-state index in [0.717, 1.165) is 25.8 Å². The van der Waals surface area contributed by atoms with E-state index in [9.17, 15) is 4.79 Å². The van der Waals surface area contributed by atoms with Crippen LogP contribution in [0.3, 0.4) is 0 Å². The molecule has 0 unspecified atom stereocenters. The molecule has 106 valence electrons. The molecule has 2 aromatic heterocycles. The van der Waals surface area contributed by atoms with Gasteiger partial charge < -0.3 is 5.73 Å². The minimum atomic E-state index is -0.398. The van der Waals surface area contributed by atoms with E-state index < -0.39 is 5.91 Å². The molecule has 21 heavy (non-hydrogen) atoms. The highest BCUT2D eigenvalue weighted by Crippen LogP contribution is 2.34. The second kappa shape index (κ2) is 6.05. The van der Waals surface area contributed by atoms with Gasteiger partial charge in [0.1, 0.15) is 0 Å². The van der Waals surface area contributed by atoms with Gasteiger partial charge in [-0.25, -0.2) is 0 Å². The quantitative estimate of drug-likeness (QED) is 0.722. The molecule has 0 aliphatic rings. The average Bonchev–Trinajstić information content (AvgIpc) is 2.91. The number of hydrogen-bond donors (Lipinski definition) is 1. The van der Waals surface area contributed by atoms with Crippen LogP contribution in [0.1, 0.15) is 15.2 Å². The Morgan fingerprint density at radius 3 is 2.76 bits per heavy atom. The molecule has 3 aromatic rings. The number of rotatable bonds is 4. The van der Waals surface area contributed by atoms with Gasteiger partial charge in [0.25, 0.3) is 5.91 Å². The van der Waals surface area contributed by atoms with Gasteiger partial charge in [-0.2, -0.15) is 0 Å². The van der Waals surface area contributed by atoms with Crippen LogP contribution in [0, 0.1) is 0 Å². The lowest BCUT2D eigenvalue weighted by atomic mass is 10.2. The number of amides is 1. The Morgan fingerprint density at radius 2 is 2.05 bits per heavy atom. The van der Waals surface area contributed by atoms with Gasteiger partial charge >= 0.3 is 0 Å². The lowest BCUT2D eigenvalue weighted by molar-refractivity contribution is 0.100. The van der Waals surface area contributed by atoms with Crippen molar-refractivity contribution in [3.63, 3.8) is 0 Å². The molecule has 0 spiro atoms. The molecule has 3 nitrogen and oxygen atoms in total. The van der Waals surface area contributed by atoms with Crippen LogP contribution in [0.25, 0.3) is 10.1 Å². The van der Waals surface area contributed by atoms with Crippen molar-refractivity contribution in [2.24, 2.45) is 5.73 Å². The number of nitrogens with two attached hydrogens (primary N) is 1. The van der Waals surface area contributed by atoms with Crippen LogP contribution in [0.15, 0.2) is 47.6 Å². The third-order valence-corrected chi connectivity index (χ3v) is 5.41. The second-order valence-corrected chi connectivity index (χ2v) is 6.98. The summed E-state index contributed by atoms with van der Waals surface area (Å²) in [5, 5.41) is 1.76. The summed E-state index contributed by atoms with van der Waals surface area (Å²) >= 11 is 8.94. The first-order chi connectivity index (χ1) is 10.1. The number of primary amides is 1. The molecular formula is C15H11ClN2OS2. The first-order valence-corrected chi connectivity index (χ1v) is 8.36. The number of benzene rings is 1. The number of carbonyl (C=O) groups is 1. The van der Waals surface area contributed by atoms with Crippen LogP contribution in [0.4, 0.5) is 0 Å². The summed E-state index contributed by atoms with van der Waals surface area (Å²) in [4.78, 5) is 17.1. The predicted octanol–water partition coefficient (Wildman–Crippen LogP) is 4.34. The summed E-state index contributed by atoms with van der Waals surface area (Å²) in [6, 6.07) is 9.61. The van der Waals surface area contributed by atoms with Gasteiger partial charge in [-0.3, -0.25) is 9.78 Å². The Hall–Kier alpha value is -1.56. The molecule has 2 N–H and O–H groups in total. The van der Waals surface area contributed by atoms with Crippen molar-refractivity contribution in [1.29, 1.82) is 0 Å². The van der Waals surface area contributed by atoms with Crippen LogP contribution in [0.5, 0.6) is 0 Å². The highest BCUT2D eigenvalue weighted by molar-refractivity contribution is 7.98. The first-order valence-electron chi connectivity index (χ1n) is 6.18. The Bertz CT molecular complexity index is 799. The number of nitrogens with zero attached hydrogens (tertiary/aromatic N) is 1. The molecule has 3 rings (SSSR count). The van der Waals surface area contributed by atoms with Crippen LogP contribution in [-0.2, 0) is 5.75 Å². The van der Waals surface area contributed by atoms with Crippen molar-refractivity contribution in [2.45, 2.75) is 10.6 Å². The summed E-state index contributed by atoms with van der Waals surface area (Å²) in [7, 11) is 0. The SMILES string of the molecule is NC(=O)c1cc2c(SCc3ccc(Cl)cc3)cncc2s1. The first kappa shape index (κ1) is 14.4. The van der Waals surface area contributed by atoms with Crippen molar-refractivity contribution < 1.29 is 4.79 Å². The highest BCUT2D eigenvalue weighted by atomic mass is 35.5. The van der Waals surface area contributed by atoms with Crippen LogP contribution in [-0.4, -0.2) is 10.9 Å². The number of hydrogen-bond acceptors (Lipinski definition) is 4. The minimum Gasteiger partial charge on any atom is -0.365 e. The number of thioether (sulfide) groups is 1. The smallest absolute Gasteiger partial charge is 0.258 e. The molecule has 0 saturated carbocycles. The van der Waals surface area contributed by atoms with Gasteiger partial charge in [0.2, 0.25) is 0 Å². The van der Waals surface area contributed by atoms with E-state index in [0.29, 0.717) is 4.88 Å². The maximum atomic E-state index is 11.3. The summed E-state index contributed by atoms with van der Waals surface area (Å²) < 4.78 is 0.977. The molecule has 1 aromatic carbocycles. The fraction of sp³-hybridized carbons (Fsp3) is 0.0667. The van der Waals surface area contributed by atoms with Crippen molar-refractivity contribution in [3.05, 3.63) is 58.2 Å². The monoisotopic (exact) mass is 334 g/mol. The van der Waals surface area contributed by atoms with E-state index in [1.807, 2.05) is 36.5 Å². The van der Waals surface area contributed by atoms with E-state index in [1.54, 1.807) is 18.0 Å². The Labute approximate surface area is 135 Å². The second-order valence-electron chi connectivity index (χ2n) is 4.44. The van der Waals surface area contributed by atoms with Gasteiger partial charge in [0, 0.05) is 33.5 Å². The topological polar surface area (TPSA) is 56.0 Å². The van der Waals surface area contributed by atoms with Gasteiger partial charge in [-0.1, -0.05) is 23.7 Å². The molecule has 0 radical (unpaired) electrons. The maximum Gasteiger partial charge on any atom is 0.258 e. The summed E-state index contributed by atoms with van der Waals surface area (Å²) in [5.41, 5.74) is 6.53. The zero-order valence-corrected chi connectivity index (χ0v) is 13.3. The fourth-order valence-corrected chi connectivity index (χ4v) is 3.99. The molecule has 0 bridgehead atoms. The number of fused-ring (bicyclic) bond motifs is 1. The van der Waals surface area contributed by atoms with Crippen molar-refractivity contribution in [1.82, 2.24) is 4.98 Å². The van der Waals surface area contributed by atoms with Gasteiger partial charge in [0.05, 0.1) is 9.58 Å². The average molecular weight is 335 g/mol. The third kappa shape index (κ3) is 3.20. The third-order valence-electron chi connectivity index (χ3n) is 2.96. The lowest BCUT2D eigenvalue weighted by Crippen LogP contribution is -2.08. The van der Waals surface area contributed by atoms with Gasteiger partial charge in [-0.15, -0.1) is 23.1 Å². The summed E-state index contributed by atoms with van der Waals surface area (Å²) in [5.74, 6) is 0.421. The Morgan fingerprint density at radius 1 is 1.29 bits per heavy atom. The number of aromatic nitrogens is 1. The molecule has 6 heteroatoms. The highest BCUT2D eigenvalue weighted by Gasteiger charge is 2.10. The predicted molar refractivity (Wildman–Crippen MR) is 89.2 cm³/mol. The normalized spacial score (nSPS) is 10.9. The zero-order chi connectivity index (χ0) is 14.8. The molecule has 0 aliphatic carbocycles. The van der Waals surface area contributed by atoms with Crippen molar-refractivity contribution >= 4 is 50.7 Å². The molecule has 0 aliphatic heterocycles. The molecule has 0 fully saturated rings. The van der Waals surface area contributed by atoms with E-state index in [-0.39, 0.29) is 0 Å². The largest absolute Gasteiger partial charge is 0.365 e. The lowest BCUT2D eigenvalue weighted by Gasteiger charge is -2.03. The molecule has 1 amide bonds. The number of halogens is 1. The van der Waals surface area contributed by atoms with Crippen LogP contribution >= 0.6 is 34.7 Å². The Balaban J connectivity index is 1.86. The van der Waals surface area contributed by atoms with Crippen molar-refractivity contribution in [2.75, 3.05) is 0 Å². The number of carbonyl (C=O) groups excluding carboxylic acids is 1. The maximum absolute atomic E-state index is 11.3. The summed E-state index contributed by atoms with van der Waals surface area (Å²) in [6.45, 7) is 0. The number of thiophene rings is 1. The summed E-state index contributed by atoms with van der Waals surface area (Å²) in [6.07, 6.45) is 3.58. The van der Waals surface area contributed by atoms with Gasteiger partial charge in [0.15, 0.2) is 0 Å². The van der Waals surface area contributed by atoms with Crippen LogP contribution < -0.4 is 5.73 Å². The van der Waals surface area contributed by atoms with E-state index in [4.69, 9.17) is 17.3 Å². The van der Waals surface area contributed by atoms with E-state index >= 15 is 0 Å². The molecule has 2 heterocycles. The fourth-order valence-electron chi connectivity index (χ4n) is 1.91. The Kier molecular flexibility index (Phi) is 4.14. The number of pyridine rings is 1. The zero-order valence-electron chi connectivity index (χ0n) is 10.9. The van der Waals surface area contributed by atoms with Crippen molar-refractivity contribution in [3.8, 4) is 0 Å². The van der Waals surface area contributed by atoms with Crippen LogP contribution in [0.2, 0.25) is 5.02 Å². The molecular weight excluding hydrogens is 324 g/mol. The standard InChI is InChI=1S/C15H11ClN2OS2/c16-10-3-1-9(2-4-10)8-20-13-6-18-7-14-11(13)5-12(21-14)15(17)19/h1-7H,8H2,(H2,17,19). The molecule has 0 saturated heterocycles. The molecule has 0 atom stereocenters. The van der Waals surface area contributed by atoms with Gasteiger partial charge in [-0.05, 0) is 23.8 Å². The minimum absolute atomic E-state index is 0.398. The van der Waals surface area contributed by atoms with E-state index in [2.05, 4.69) is 4.98 Å².